The normalized spacial score (nSPS) is 11.5. The van der Waals surface area contributed by atoms with Crippen LogP contribution in [-0.4, -0.2) is 56.0 Å². The van der Waals surface area contributed by atoms with E-state index in [1.54, 1.807) is 0 Å². The van der Waals surface area contributed by atoms with E-state index in [-0.39, 0.29) is 24.0 Å². The summed E-state index contributed by atoms with van der Waals surface area (Å²) >= 11 is 0. The number of aliphatic imine (C=N–C) groups is 1. The Bertz CT molecular complexity index is 442. The van der Waals surface area contributed by atoms with Crippen molar-refractivity contribution in [3.63, 3.8) is 0 Å². The predicted molar refractivity (Wildman–Crippen MR) is 107 cm³/mol. The Labute approximate surface area is 153 Å². The Morgan fingerprint density at radius 3 is 2.27 bits per heavy atom. The first-order valence-corrected chi connectivity index (χ1v) is 7.61. The van der Waals surface area contributed by atoms with Gasteiger partial charge in [-0.2, -0.15) is 0 Å². The molecule has 0 amide bonds. The summed E-state index contributed by atoms with van der Waals surface area (Å²) in [5.74, 6) is 0.938. The lowest BCUT2D eigenvalue weighted by Crippen LogP contribution is -2.42. The minimum atomic E-state index is 0. The third kappa shape index (κ3) is 7.45. The highest BCUT2D eigenvalue weighted by atomic mass is 127. The summed E-state index contributed by atoms with van der Waals surface area (Å²) in [4.78, 5) is 8.83. The van der Waals surface area contributed by atoms with Crippen molar-refractivity contribution in [3.8, 4) is 0 Å². The molecule has 0 saturated heterocycles. The summed E-state index contributed by atoms with van der Waals surface area (Å²) in [5, 5.41) is 3.42. The Morgan fingerprint density at radius 2 is 1.77 bits per heavy atom. The second-order valence-electron chi connectivity index (χ2n) is 5.89. The number of guanidine groups is 1. The first-order chi connectivity index (χ1) is 9.93. The van der Waals surface area contributed by atoms with Gasteiger partial charge < -0.3 is 15.1 Å². The fourth-order valence-electron chi connectivity index (χ4n) is 2.03. The summed E-state index contributed by atoms with van der Waals surface area (Å²) in [6.45, 7) is 9.30. The third-order valence-corrected chi connectivity index (χ3v) is 3.74. The number of nitrogens with zero attached hydrogens (tertiary/aromatic N) is 3. The fraction of sp³-hybridized carbons (Fsp3) is 0.588. The molecule has 1 N–H and O–H groups in total. The topological polar surface area (TPSA) is 30.9 Å². The van der Waals surface area contributed by atoms with E-state index in [9.17, 15) is 0 Å². The first-order valence-electron chi connectivity index (χ1n) is 7.61. The van der Waals surface area contributed by atoms with Gasteiger partial charge in [-0.15, -0.1) is 24.0 Å². The summed E-state index contributed by atoms with van der Waals surface area (Å²) in [6.07, 6.45) is 0. The van der Waals surface area contributed by atoms with E-state index >= 15 is 0 Å². The molecule has 0 unspecified atom stereocenters. The summed E-state index contributed by atoms with van der Waals surface area (Å²) < 4.78 is 0. The maximum Gasteiger partial charge on any atom is 0.193 e. The zero-order chi connectivity index (χ0) is 15.8. The molecule has 0 spiro atoms. The second kappa shape index (κ2) is 10.8. The Balaban J connectivity index is 0.00000441. The van der Waals surface area contributed by atoms with Crippen LogP contribution in [0.15, 0.2) is 29.3 Å². The Morgan fingerprint density at radius 1 is 1.18 bits per heavy atom. The quantitative estimate of drug-likeness (QED) is 0.438. The van der Waals surface area contributed by atoms with E-state index in [4.69, 9.17) is 0 Å². The molecule has 0 atom stereocenters. The average molecular weight is 418 g/mol. The van der Waals surface area contributed by atoms with Crippen molar-refractivity contribution >= 4 is 29.9 Å². The summed E-state index contributed by atoms with van der Waals surface area (Å²) in [5.41, 5.74) is 2.59. The monoisotopic (exact) mass is 418 g/mol. The molecule has 0 aliphatic heterocycles. The maximum absolute atomic E-state index is 4.36. The van der Waals surface area contributed by atoms with Crippen molar-refractivity contribution in [1.29, 1.82) is 0 Å². The molecule has 0 aliphatic rings. The predicted octanol–water partition coefficient (Wildman–Crippen LogP) is 2.96. The molecule has 1 rings (SSSR count). The van der Waals surface area contributed by atoms with Gasteiger partial charge in [0.15, 0.2) is 5.96 Å². The van der Waals surface area contributed by atoms with E-state index in [1.807, 2.05) is 7.05 Å². The van der Waals surface area contributed by atoms with Crippen LogP contribution >= 0.6 is 24.0 Å². The van der Waals surface area contributed by atoms with Crippen LogP contribution in [0.25, 0.3) is 0 Å². The molecule has 22 heavy (non-hydrogen) atoms. The fourth-order valence-corrected chi connectivity index (χ4v) is 2.03. The van der Waals surface area contributed by atoms with Gasteiger partial charge in [-0.3, -0.25) is 4.99 Å². The highest BCUT2D eigenvalue weighted by molar-refractivity contribution is 14.0. The van der Waals surface area contributed by atoms with Gasteiger partial charge in [0.25, 0.3) is 0 Å². The third-order valence-electron chi connectivity index (χ3n) is 3.74. The van der Waals surface area contributed by atoms with E-state index in [1.165, 1.54) is 11.1 Å². The van der Waals surface area contributed by atoms with Gasteiger partial charge in [-0.25, -0.2) is 0 Å². The molecule has 0 aliphatic carbocycles. The molecule has 0 fully saturated rings. The Kier molecular flexibility index (Phi) is 10.4. The molecule has 4 nitrogen and oxygen atoms in total. The van der Waals surface area contributed by atoms with Crippen LogP contribution in [0.1, 0.15) is 25.0 Å². The van der Waals surface area contributed by atoms with Gasteiger partial charge in [0.05, 0.1) is 0 Å². The van der Waals surface area contributed by atoms with E-state index < -0.39 is 0 Å². The highest BCUT2D eigenvalue weighted by Gasteiger charge is 2.07. The van der Waals surface area contributed by atoms with Crippen LogP contribution in [0.3, 0.4) is 0 Å². The zero-order valence-electron chi connectivity index (χ0n) is 14.8. The molecule has 5 heteroatoms. The molecule has 126 valence electrons. The van der Waals surface area contributed by atoms with Gasteiger partial charge in [-0.05, 0) is 33.4 Å². The van der Waals surface area contributed by atoms with Crippen molar-refractivity contribution in [2.45, 2.75) is 33.4 Å². The van der Waals surface area contributed by atoms with E-state index in [0.29, 0.717) is 6.04 Å². The highest BCUT2D eigenvalue weighted by Crippen LogP contribution is 2.06. The minimum absolute atomic E-state index is 0. The summed E-state index contributed by atoms with van der Waals surface area (Å²) in [7, 11) is 6.05. The van der Waals surface area contributed by atoms with Crippen LogP contribution in [0, 0.1) is 6.92 Å². The number of halogens is 1. The molecule has 0 aromatic heterocycles. The summed E-state index contributed by atoms with van der Waals surface area (Å²) in [6, 6.07) is 9.21. The lowest BCUT2D eigenvalue weighted by Gasteiger charge is -2.25. The van der Waals surface area contributed by atoms with Crippen LogP contribution in [0.5, 0.6) is 0 Å². The smallest absolute Gasteiger partial charge is 0.193 e. The van der Waals surface area contributed by atoms with Crippen molar-refractivity contribution < 1.29 is 0 Å². The maximum atomic E-state index is 4.36. The van der Waals surface area contributed by atoms with E-state index in [2.05, 4.69) is 79.2 Å². The molecular formula is C17H31IN4. The molecule has 1 aromatic carbocycles. The number of aryl methyl sites for hydroxylation is 1. The lowest BCUT2D eigenvalue weighted by atomic mass is 10.1. The molecule has 0 saturated carbocycles. The zero-order valence-corrected chi connectivity index (χ0v) is 17.1. The SMILES string of the molecule is CN=C(NCCN(C)C(C)C)N(C)Cc1ccc(C)cc1.I. The van der Waals surface area contributed by atoms with Gasteiger partial charge >= 0.3 is 0 Å². The Hall–Kier alpha value is -0.820. The molecule has 0 heterocycles. The number of rotatable bonds is 6. The average Bonchev–Trinajstić information content (AvgIpc) is 2.45. The number of hydrogen-bond donors (Lipinski definition) is 1. The number of likely N-dealkylation sites (N-methyl/N-ethyl adjacent to an activating group) is 1. The minimum Gasteiger partial charge on any atom is -0.355 e. The largest absolute Gasteiger partial charge is 0.355 e. The van der Waals surface area contributed by atoms with Gasteiger partial charge in [0, 0.05) is 39.8 Å². The van der Waals surface area contributed by atoms with Crippen LogP contribution < -0.4 is 5.32 Å². The van der Waals surface area contributed by atoms with Crippen molar-refractivity contribution in [2.75, 3.05) is 34.2 Å². The van der Waals surface area contributed by atoms with Crippen molar-refractivity contribution in [3.05, 3.63) is 35.4 Å². The van der Waals surface area contributed by atoms with E-state index in [0.717, 1.165) is 25.6 Å². The van der Waals surface area contributed by atoms with Crippen LogP contribution in [0.4, 0.5) is 0 Å². The number of hydrogen-bond acceptors (Lipinski definition) is 2. The molecule has 0 bridgehead atoms. The molecule has 0 radical (unpaired) electrons. The van der Waals surface area contributed by atoms with Gasteiger partial charge in [0.1, 0.15) is 0 Å². The van der Waals surface area contributed by atoms with Gasteiger partial charge in [0.2, 0.25) is 0 Å². The first kappa shape index (κ1) is 21.2. The van der Waals surface area contributed by atoms with Gasteiger partial charge in [-0.1, -0.05) is 29.8 Å². The lowest BCUT2D eigenvalue weighted by molar-refractivity contribution is 0.277. The standard InChI is InChI=1S/C17H30N4.HI/c1-14(2)20(5)12-11-19-17(18-4)21(6)13-16-9-7-15(3)8-10-16;/h7-10,14H,11-13H2,1-6H3,(H,18,19);1H. The second-order valence-corrected chi connectivity index (χ2v) is 5.89. The van der Waals surface area contributed by atoms with Crippen molar-refractivity contribution in [2.24, 2.45) is 4.99 Å². The number of benzene rings is 1. The molecular weight excluding hydrogens is 387 g/mol. The number of nitrogens with one attached hydrogen (secondary N) is 1. The molecule has 1 aromatic rings. The van der Waals surface area contributed by atoms with Crippen LogP contribution in [-0.2, 0) is 6.54 Å². The van der Waals surface area contributed by atoms with Crippen molar-refractivity contribution in [1.82, 2.24) is 15.1 Å². The van der Waals surface area contributed by atoms with Crippen LogP contribution in [0.2, 0.25) is 0 Å².